The Morgan fingerprint density at radius 2 is 2.17 bits per heavy atom. The Hall–Kier alpha value is -1.09. The first-order chi connectivity index (χ1) is 8.56. The SMILES string of the molecule is O=S(=O)(NC1(CO)CC1)c1cccc2c1N=S=N2. The van der Waals surface area contributed by atoms with Crippen molar-refractivity contribution in [2.75, 3.05) is 6.61 Å². The van der Waals surface area contributed by atoms with Gasteiger partial charge in [0.15, 0.2) is 0 Å². The number of benzene rings is 1. The van der Waals surface area contributed by atoms with Crippen LogP contribution in [-0.2, 0) is 21.4 Å². The van der Waals surface area contributed by atoms with E-state index in [0.717, 1.165) is 11.4 Å². The van der Waals surface area contributed by atoms with Crippen molar-refractivity contribution >= 4 is 32.8 Å². The number of aliphatic hydroxyl groups is 1. The second kappa shape index (κ2) is 3.95. The summed E-state index contributed by atoms with van der Waals surface area (Å²) < 4.78 is 35.1. The molecule has 0 bridgehead atoms. The molecule has 1 saturated carbocycles. The number of aliphatic hydroxyl groups excluding tert-OH is 1. The number of nitrogens with zero attached hydrogens (tertiary/aromatic N) is 2. The van der Waals surface area contributed by atoms with Crippen LogP contribution in [0.1, 0.15) is 12.8 Å². The first-order valence-electron chi connectivity index (χ1n) is 5.42. The largest absolute Gasteiger partial charge is 0.394 e. The third-order valence-corrected chi connectivity index (χ3v) is 5.20. The highest BCUT2D eigenvalue weighted by molar-refractivity contribution is 7.89. The highest BCUT2D eigenvalue weighted by Crippen LogP contribution is 2.40. The van der Waals surface area contributed by atoms with Crippen LogP contribution in [0.15, 0.2) is 31.8 Å². The maximum atomic E-state index is 12.3. The summed E-state index contributed by atoms with van der Waals surface area (Å²) in [7, 11) is -3.67. The van der Waals surface area contributed by atoms with Crippen molar-refractivity contribution in [3.8, 4) is 0 Å². The van der Waals surface area contributed by atoms with Crippen LogP contribution in [0.25, 0.3) is 0 Å². The van der Waals surface area contributed by atoms with Crippen molar-refractivity contribution in [2.45, 2.75) is 23.3 Å². The summed E-state index contributed by atoms with van der Waals surface area (Å²) in [5.41, 5.74) is 0.269. The van der Waals surface area contributed by atoms with Crippen LogP contribution >= 0.6 is 0 Å². The molecular weight excluding hydrogens is 274 g/mol. The molecule has 0 unspecified atom stereocenters. The molecule has 1 aliphatic heterocycles. The van der Waals surface area contributed by atoms with Gasteiger partial charge in [0, 0.05) is 0 Å². The van der Waals surface area contributed by atoms with Crippen LogP contribution < -0.4 is 4.72 Å². The summed E-state index contributed by atoms with van der Waals surface area (Å²) in [5, 5.41) is 9.19. The Balaban J connectivity index is 2.00. The van der Waals surface area contributed by atoms with Gasteiger partial charge in [0.2, 0.25) is 10.0 Å². The smallest absolute Gasteiger partial charge is 0.243 e. The monoisotopic (exact) mass is 285 g/mol. The zero-order valence-electron chi connectivity index (χ0n) is 9.33. The highest BCUT2D eigenvalue weighted by atomic mass is 32.2. The van der Waals surface area contributed by atoms with Crippen LogP contribution in [0.5, 0.6) is 0 Å². The van der Waals surface area contributed by atoms with Crippen molar-refractivity contribution in [1.29, 1.82) is 0 Å². The average molecular weight is 285 g/mol. The molecule has 2 aliphatic rings. The predicted octanol–water partition coefficient (Wildman–Crippen LogP) is 1.22. The van der Waals surface area contributed by atoms with E-state index in [1.165, 1.54) is 6.07 Å². The normalized spacial score (nSPS) is 19.4. The van der Waals surface area contributed by atoms with Crippen molar-refractivity contribution in [1.82, 2.24) is 4.72 Å². The molecule has 1 heterocycles. The zero-order valence-corrected chi connectivity index (χ0v) is 11.0. The molecule has 0 atom stereocenters. The lowest BCUT2D eigenvalue weighted by Gasteiger charge is -2.15. The first kappa shape index (κ1) is 12.0. The topological polar surface area (TPSA) is 91.1 Å². The third kappa shape index (κ3) is 1.91. The minimum atomic E-state index is -3.67. The fourth-order valence-electron chi connectivity index (χ4n) is 1.78. The molecule has 8 heteroatoms. The van der Waals surface area contributed by atoms with E-state index in [9.17, 15) is 13.5 Å². The summed E-state index contributed by atoms with van der Waals surface area (Å²) in [4.78, 5) is 0.119. The van der Waals surface area contributed by atoms with Crippen molar-refractivity contribution in [3.63, 3.8) is 0 Å². The van der Waals surface area contributed by atoms with Gasteiger partial charge in [-0.15, -0.1) is 0 Å². The van der Waals surface area contributed by atoms with Gasteiger partial charge in [-0.25, -0.2) is 13.1 Å². The quantitative estimate of drug-likeness (QED) is 0.884. The minimum absolute atomic E-state index is 0.119. The molecule has 3 rings (SSSR count). The summed E-state index contributed by atoms with van der Waals surface area (Å²) in [6, 6.07) is 4.85. The van der Waals surface area contributed by atoms with Crippen LogP contribution in [0.4, 0.5) is 11.4 Å². The number of sulfonamides is 1. The van der Waals surface area contributed by atoms with Crippen LogP contribution in [0.2, 0.25) is 0 Å². The number of hydrogen-bond acceptors (Lipinski definition) is 5. The third-order valence-electron chi connectivity index (χ3n) is 3.05. The average Bonchev–Trinajstić information content (AvgIpc) is 2.94. The van der Waals surface area contributed by atoms with E-state index in [1.54, 1.807) is 12.1 Å². The van der Waals surface area contributed by atoms with E-state index < -0.39 is 15.6 Å². The Morgan fingerprint density at radius 3 is 2.83 bits per heavy atom. The maximum Gasteiger partial charge on any atom is 0.243 e. The van der Waals surface area contributed by atoms with E-state index in [2.05, 4.69) is 13.4 Å². The lowest BCUT2D eigenvalue weighted by atomic mass is 10.3. The number of hydrogen-bond donors (Lipinski definition) is 2. The molecule has 0 aromatic heterocycles. The van der Waals surface area contributed by atoms with E-state index in [1.807, 2.05) is 0 Å². The summed E-state index contributed by atoms with van der Waals surface area (Å²) >= 11 is 0.981. The van der Waals surface area contributed by atoms with Gasteiger partial charge in [-0.1, -0.05) is 6.07 Å². The first-order valence-corrected chi connectivity index (χ1v) is 7.64. The molecule has 96 valence electrons. The summed E-state index contributed by atoms with van der Waals surface area (Å²) in [5.74, 6) is 0. The van der Waals surface area contributed by atoms with Gasteiger partial charge >= 0.3 is 0 Å². The van der Waals surface area contributed by atoms with Crippen molar-refractivity contribution < 1.29 is 13.5 Å². The van der Waals surface area contributed by atoms with Crippen LogP contribution in [0, 0.1) is 0 Å². The van der Waals surface area contributed by atoms with Crippen molar-refractivity contribution in [2.24, 2.45) is 8.73 Å². The zero-order chi connectivity index (χ0) is 12.8. The molecule has 1 fully saturated rings. The molecule has 6 nitrogen and oxygen atoms in total. The highest BCUT2D eigenvalue weighted by Gasteiger charge is 2.46. The Bertz CT molecular complexity index is 674. The molecule has 0 saturated heterocycles. The molecule has 0 radical (unpaired) electrons. The minimum Gasteiger partial charge on any atom is -0.394 e. The van der Waals surface area contributed by atoms with Gasteiger partial charge in [-0.3, -0.25) is 0 Å². The lowest BCUT2D eigenvalue weighted by Crippen LogP contribution is -2.39. The van der Waals surface area contributed by atoms with Gasteiger partial charge in [0.05, 0.1) is 23.5 Å². The summed E-state index contributed by atoms with van der Waals surface area (Å²) in [6.07, 6.45) is 1.32. The Morgan fingerprint density at radius 1 is 1.39 bits per heavy atom. The predicted molar refractivity (Wildman–Crippen MR) is 67.4 cm³/mol. The van der Waals surface area contributed by atoms with Gasteiger partial charge in [0.25, 0.3) is 0 Å². The summed E-state index contributed by atoms with van der Waals surface area (Å²) in [6.45, 7) is -0.183. The van der Waals surface area contributed by atoms with Crippen LogP contribution in [-0.4, -0.2) is 25.7 Å². The second-order valence-electron chi connectivity index (χ2n) is 4.43. The van der Waals surface area contributed by atoms with E-state index in [4.69, 9.17) is 0 Å². The molecule has 1 aromatic rings. The van der Waals surface area contributed by atoms with E-state index in [-0.39, 0.29) is 11.5 Å². The number of fused-ring (bicyclic) bond motifs is 1. The van der Waals surface area contributed by atoms with E-state index in [0.29, 0.717) is 24.2 Å². The Kier molecular flexibility index (Phi) is 2.63. The second-order valence-corrected chi connectivity index (χ2v) is 6.61. The Labute approximate surface area is 108 Å². The maximum absolute atomic E-state index is 12.3. The number of nitrogens with one attached hydrogen (secondary N) is 1. The van der Waals surface area contributed by atoms with Crippen LogP contribution in [0.3, 0.4) is 0 Å². The fourth-order valence-corrected chi connectivity index (χ4v) is 4.00. The van der Waals surface area contributed by atoms with Crippen molar-refractivity contribution in [3.05, 3.63) is 18.2 Å². The fraction of sp³-hybridized carbons (Fsp3) is 0.400. The molecule has 2 N–H and O–H groups in total. The van der Waals surface area contributed by atoms with Gasteiger partial charge in [-0.2, -0.15) is 8.73 Å². The van der Waals surface area contributed by atoms with Gasteiger partial charge in [0.1, 0.15) is 16.3 Å². The van der Waals surface area contributed by atoms with E-state index >= 15 is 0 Å². The molecule has 0 amide bonds. The molecule has 0 spiro atoms. The standard InChI is InChI=1S/C10H11N3O3S2/c14-6-10(4-5-10)13-18(15,16)8-3-1-2-7-9(8)12-17-11-7/h1-3,13-14H,4-6H2. The van der Waals surface area contributed by atoms with Gasteiger partial charge < -0.3 is 5.11 Å². The molecular formula is C10H11N3O3S2. The molecule has 18 heavy (non-hydrogen) atoms. The van der Waals surface area contributed by atoms with Gasteiger partial charge in [-0.05, 0) is 25.0 Å². The number of rotatable bonds is 4. The molecule has 1 aliphatic carbocycles. The molecule has 1 aromatic carbocycles. The lowest BCUT2D eigenvalue weighted by molar-refractivity contribution is 0.246.